The van der Waals surface area contributed by atoms with Gasteiger partial charge in [-0.3, -0.25) is 4.79 Å². The van der Waals surface area contributed by atoms with Crippen molar-refractivity contribution >= 4 is 17.9 Å². The van der Waals surface area contributed by atoms with Gasteiger partial charge >= 0.3 is 12.0 Å². The van der Waals surface area contributed by atoms with Crippen molar-refractivity contribution in [1.29, 1.82) is 0 Å². The number of hydrogen-bond donors (Lipinski definition) is 4. The topological polar surface area (TPSA) is 131 Å². The lowest BCUT2D eigenvalue weighted by atomic mass is 10.2. The Balaban J connectivity index is 2.40. The maximum absolute atomic E-state index is 11.6. The quantitative estimate of drug-likeness (QED) is 0.502. The molecule has 8 nitrogen and oxygen atoms in total. The molecule has 8 heteroatoms. The molecule has 5 N–H and O–H groups in total. The third-order valence-corrected chi connectivity index (χ3v) is 3.06. The van der Waals surface area contributed by atoms with Crippen LogP contribution in [0.3, 0.4) is 0 Å². The van der Waals surface area contributed by atoms with E-state index >= 15 is 0 Å². The fraction of sp³-hybridized carbons (Fsp3) is 0.727. The van der Waals surface area contributed by atoms with Crippen LogP contribution in [0.2, 0.25) is 0 Å². The van der Waals surface area contributed by atoms with Gasteiger partial charge in [-0.25, -0.2) is 9.59 Å². The number of carboxylic acids is 1. The minimum atomic E-state index is -1.31. The van der Waals surface area contributed by atoms with Crippen LogP contribution in [0.5, 0.6) is 0 Å². The van der Waals surface area contributed by atoms with E-state index in [-0.39, 0.29) is 12.1 Å². The smallest absolute Gasteiger partial charge is 0.326 e. The maximum atomic E-state index is 11.6. The van der Waals surface area contributed by atoms with Crippen molar-refractivity contribution < 1.29 is 24.2 Å². The first-order valence-corrected chi connectivity index (χ1v) is 6.03. The first-order chi connectivity index (χ1) is 8.92. The highest BCUT2D eigenvalue weighted by Gasteiger charge is 2.27. The van der Waals surface area contributed by atoms with Crippen LogP contribution in [0, 0.1) is 0 Å². The van der Waals surface area contributed by atoms with E-state index in [2.05, 4.69) is 10.6 Å². The molecule has 0 radical (unpaired) electrons. The molecule has 108 valence electrons. The molecule has 3 atom stereocenters. The predicted octanol–water partition coefficient (Wildman–Crippen LogP) is -0.818. The molecule has 1 aliphatic rings. The minimum Gasteiger partial charge on any atom is -0.480 e. The molecule has 3 amide bonds. The molecule has 1 fully saturated rings. The summed E-state index contributed by atoms with van der Waals surface area (Å²) < 4.78 is 5.17. The van der Waals surface area contributed by atoms with Crippen molar-refractivity contribution in [1.82, 2.24) is 10.6 Å². The zero-order valence-electron chi connectivity index (χ0n) is 10.7. The van der Waals surface area contributed by atoms with Crippen LogP contribution in [0.25, 0.3) is 0 Å². The number of carbonyl (C=O) groups is 3. The number of primary amides is 1. The van der Waals surface area contributed by atoms with E-state index in [1.807, 2.05) is 0 Å². The Morgan fingerprint density at radius 2 is 2.11 bits per heavy atom. The van der Waals surface area contributed by atoms with E-state index in [0.717, 1.165) is 12.8 Å². The summed E-state index contributed by atoms with van der Waals surface area (Å²) in [5.41, 5.74) is 4.92. The number of hydrogen-bond acceptors (Lipinski definition) is 4. The lowest BCUT2D eigenvalue weighted by molar-refractivity contribution is -0.140. The van der Waals surface area contributed by atoms with E-state index < -0.39 is 30.4 Å². The molecule has 0 spiro atoms. The number of methoxy groups -OCH3 is 1. The first kappa shape index (κ1) is 15.2. The molecule has 1 aliphatic carbocycles. The van der Waals surface area contributed by atoms with Crippen molar-refractivity contribution in [3.63, 3.8) is 0 Å². The Hall–Kier alpha value is -1.83. The Labute approximate surface area is 110 Å². The second-order valence-electron chi connectivity index (χ2n) is 4.55. The SMILES string of the molecule is COC1CCC(NC(=O)N[C@H](CC(N)=O)C(=O)O)C1. The van der Waals surface area contributed by atoms with Crippen LogP contribution >= 0.6 is 0 Å². The van der Waals surface area contributed by atoms with Crippen molar-refractivity contribution in [3.8, 4) is 0 Å². The number of urea groups is 1. The fourth-order valence-corrected chi connectivity index (χ4v) is 2.07. The van der Waals surface area contributed by atoms with Gasteiger partial charge in [0.1, 0.15) is 6.04 Å². The van der Waals surface area contributed by atoms with Gasteiger partial charge in [0.05, 0.1) is 12.5 Å². The molecular weight excluding hydrogens is 254 g/mol. The summed E-state index contributed by atoms with van der Waals surface area (Å²) in [5, 5.41) is 13.7. The second kappa shape index (κ2) is 6.93. The van der Waals surface area contributed by atoms with Crippen molar-refractivity contribution in [2.45, 2.75) is 43.9 Å². The number of amides is 3. The average molecular weight is 273 g/mol. The normalized spacial score (nSPS) is 23.6. The summed E-state index contributed by atoms with van der Waals surface area (Å²) in [6.45, 7) is 0. The largest absolute Gasteiger partial charge is 0.480 e. The van der Waals surface area contributed by atoms with Gasteiger partial charge in [0.25, 0.3) is 0 Å². The molecule has 0 heterocycles. The highest BCUT2D eigenvalue weighted by atomic mass is 16.5. The zero-order valence-corrected chi connectivity index (χ0v) is 10.7. The second-order valence-corrected chi connectivity index (χ2v) is 4.55. The molecule has 0 aromatic carbocycles. The Morgan fingerprint density at radius 3 is 2.58 bits per heavy atom. The summed E-state index contributed by atoms with van der Waals surface area (Å²) in [6, 6.07) is -1.97. The number of carbonyl (C=O) groups excluding carboxylic acids is 2. The van der Waals surface area contributed by atoms with E-state index in [9.17, 15) is 14.4 Å². The third-order valence-electron chi connectivity index (χ3n) is 3.06. The van der Waals surface area contributed by atoms with Crippen LogP contribution in [0.4, 0.5) is 4.79 Å². The van der Waals surface area contributed by atoms with Gasteiger partial charge in [-0.1, -0.05) is 0 Å². The van der Waals surface area contributed by atoms with Gasteiger partial charge in [-0.2, -0.15) is 0 Å². The molecule has 0 aliphatic heterocycles. The molecule has 1 saturated carbocycles. The van der Waals surface area contributed by atoms with Gasteiger partial charge in [0.2, 0.25) is 5.91 Å². The third kappa shape index (κ3) is 5.12. The summed E-state index contributed by atoms with van der Waals surface area (Å²) in [5.74, 6) is -2.08. The van der Waals surface area contributed by atoms with E-state index in [0.29, 0.717) is 6.42 Å². The molecule has 19 heavy (non-hydrogen) atoms. The van der Waals surface area contributed by atoms with Crippen molar-refractivity contribution in [2.24, 2.45) is 5.73 Å². The molecule has 0 saturated heterocycles. The monoisotopic (exact) mass is 273 g/mol. The highest BCUT2D eigenvalue weighted by molar-refractivity contribution is 5.87. The van der Waals surface area contributed by atoms with Crippen molar-refractivity contribution in [2.75, 3.05) is 7.11 Å². The van der Waals surface area contributed by atoms with Gasteiger partial charge in [0.15, 0.2) is 0 Å². The van der Waals surface area contributed by atoms with E-state index in [1.54, 1.807) is 7.11 Å². The number of aliphatic carboxylic acids is 1. The molecule has 0 aromatic rings. The van der Waals surface area contributed by atoms with Gasteiger partial charge < -0.3 is 26.2 Å². The number of rotatable bonds is 6. The van der Waals surface area contributed by atoms with E-state index in [1.165, 1.54) is 0 Å². The van der Waals surface area contributed by atoms with E-state index in [4.69, 9.17) is 15.6 Å². The molecule has 1 rings (SSSR count). The summed E-state index contributed by atoms with van der Waals surface area (Å²) in [7, 11) is 1.61. The van der Waals surface area contributed by atoms with Gasteiger partial charge in [-0.05, 0) is 19.3 Å². The van der Waals surface area contributed by atoms with Crippen LogP contribution in [-0.2, 0) is 14.3 Å². The lowest BCUT2D eigenvalue weighted by Gasteiger charge is -2.17. The Bertz CT molecular complexity index is 360. The average Bonchev–Trinajstić information content (AvgIpc) is 2.75. The van der Waals surface area contributed by atoms with Crippen LogP contribution in [-0.4, -0.2) is 48.3 Å². The molecule has 0 bridgehead atoms. The predicted molar refractivity (Wildman–Crippen MR) is 65.3 cm³/mol. The number of ether oxygens (including phenoxy) is 1. The number of carboxylic acid groups (broad SMARTS) is 1. The van der Waals surface area contributed by atoms with Crippen LogP contribution in [0.15, 0.2) is 0 Å². The van der Waals surface area contributed by atoms with Gasteiger partial charge in [0, 0.05) is 13.2 Å². The maximum Gasteiger partial charge on any atom is 0.326 e. The fourth-order valence-electron chi connectivity index (χ4n) is 2.07. The molecule has 0 aromatic heterocycles. The Kier molecular flexibility index (Phi) is 5.56. The number of nitrogens with two attached hydrogens (primary N) is 1. The highest BCUT2D eigenvalue weighted by Crippen LogP contribution is 2.21. The summed E-state index contributed by atoms with van der Waals surface area (Å²) in [6.07, 6.45) is 2.00. The van der Waals surface area contributed by atoms with Gasteiger partial charge in [-0.15, -0.1) is 0 Å². The Morgan fingerprint density at radius 1 is 1.42 bits per heavy atom. The van der Waals surface area contributed by atoms with Crippen LogP contribution < -0.4 is 16.4 Å². The summed E-state index contributed by atoms with van der Waals surface area (Å²) in [4.78, 5) is 33.1. The van der Waals surface area contributed by atoms with Crippen molar-refractivity contribution in [3.05, 3.63) is 0 Å². The zero-order chi connectivity index (χ0) is 14.4. The van der Waals surface area contributed by atoms with Crippen LogP contribution in [0.1, 0.15) is 25.7 Å². The lowest BCUT2D eigenvalue weighted by Crippen LogP contribution is -2.49. The minimum absolute atomic E-state index is 0.0482. The summed E-state index contributed by atoms with van der Waals surface area (Å²) >= 11 is 0. The first-order valence-electron chi connectivity index (χ1n) is 6.03. The molecular formula is C11H19N3O5. The molecule has 2 unspecified atom stereocenters. The standard InChI is InChI=1S/C11H19N3O5/c1-19-7-3-2-6(4-7)13-11(18)14-8(10(16)17)5-9(12)15/h6-8H,2-5H2,1H3,(H2,12,15)(H,16,17)(H2,13,14,18)/t6?,7?,8-/m1/s1. The number of nitrogens with one attached hydrogen (secondary N) is 2.